The zero-order valence-corrected chi connectivity index (χ0v) is 12.1. The third-order valence-corrected chi connectivity index (χ3v) is 4.45. The number of benzene rings is 1. The molecule has 1 saturated heterocycles. The summed E-state index contributed by atoms with van der Waals surface area (Å²) in [6, 6.07) is 6.61. The number of amides is 1. The molecule has 0 bridgehead atoms. The van der Waals surface area contributed by atoms with Crippen LogP contribution in [0.2, 0.25) is 5.02 Å². The molecule has 3 atom stereocenters. The molecule has 0 aromatic heterocycles. The van der Waals surface area contributed by atoms with Gasteiger partial charge in [0.1, 0.15) is 0 Å². The minimum Gasteiger partial charge on any atom is -0.480 e. The van der Waals surface area contributed by atoms with E-state index in [4.69, 9.17) is 16.3 Å². The van der Waals surface area contributed by atoms with E-state index < -0.39 is 12.0 Å². The van der Waals surface area contributed by atoms with E-state index in [-0.39, 0.29) is 24.3 Å². The number of carbonyl (C=O) groups excluding carboxylic acids is 1. The molecule has 6 heteroatoms. The van der Waals surface area contributed by atoms with E-state index in [0.717, 1.165) is 12.0 Å². The minimum absolute atomic E-state index is 0.0601. The van der Waals surface area contributed by atoms with E-state index in [0.29, 0.717) is 18.2 Å². The fourth-order valence-corrected chi connectivity index (χ4v) is 3.15. The van der Waals surface area contributed by atoms with E-state index in [1.165, 1.54) is 4.90 Å². The molecule has 3 rings (SSSR count). The molecule has 1 saturated carbocycles. The van der Waals surface area contributed by atoms with Gasteiger partial charge in [-0.3, -0.25) is 4.79 Å². The third kappa shape index (κ3) is 2.76. The Labute approximate surface area is 127 Å². The lowest BCUT2D eigenvalue weighted by atomic mass is 10.1. The van der Waals surface area contributed by atoms with Crippen LogP contribution < -0.4 is 0 Å². The van der Waals surface area contributed by atoms with Gasteiger partial charge in [-0.2, -0.15) is 0 Å². The lowest BCUT2D eigenvalue weighted by Crippen LogP contribution is -2.53. The Hall–Kier alpha value is -1.59. The van der Waals surface area contributed by atoms with Gasteiger partial charge in [0, 0.05) is 17.5 Å². The van der Waals surface area contributed by atoms with Gasteiger partial charge >= 0.3 is 5.97 Å². The summed E-state index contributed by atoms with van der Waals surface area (Å²) in [5, 5.41) is 9.85. The Morgan fingerprint density at radius 1 is 1.33 bits per heavy atom. The number of rotatable bonds is 3. The number of nitrogens with zero attached hydrogens (tertiary/aromatic N) is 1. The van der Waals surface area contributed by atoms with Crippen molar-refractivity contribution in [2.24, 2.45) is 5.92 Å². The van der Waals surface area contributed by atoms with Gasteiger partial charge in [-0.05, 0) is 24.0 Å². The van der Waals surface area contributed by atoms with E-state index >= 15 is 0 Å². The van der Waals surface area contributed by atoms with Crippen molar-refractivity contribution in [3.05, 3.63) is 34.9 Å². The van der Waals surface area contributed by atoms with Crippen LogP contribution in [0.25, 0.3) is 0 Å². The highest BCUT2D eigenvalue weighted by Gasteiger charge is 2.48. The summed E-state index contributed by atoms with van der Waals surface area (Å²) in [6.07, 6.45) is 0.728. The molecule has 1 amide bonds. The maximum absolute atomic E-state index is 12.5. The van der Waals surface area contributed by atoms with Crippen LogP contribution in [0.15, 0.2) is 24.3 Å². The second-order valence-electron chi connectivity index (χ2n) is 5.43. The zero-order chi connectivity index (χ0) is 15.0. The molecule has 2 fully saturated rings. The Kier molecular flexibility index (Phi) is 3.87. The number of carboxylic acid groups (broad SMARTS) is 1. The van der Waals surface area contributed by atoms with Crippen molar-refractivity contribution in [3.8, 4) is 0 Å². The summed E-state index contributed by atoms with van der Waals surface area (Å²) < 4.78 is 5.16. The molecular weight excluding hydrogens is 294 g/mol. The number of ether oxygens (including phenoxy) is 1. The van der Waals surface area contributed by atoms with Crippen LogP contribution in [0.5, 0.6) is 0 Å². The fourth-order valence-electron chi connectivity index (χ4n) is 2.87. The standard InChI is InChI=1S/C15H16ClNO4/c16-12-4-2-1-3-9(12)10-7-11(10)14(18)17-5-6-21-8-13(17)15(19)20/h1-4,10-11,13H,5-8H2,(H,19,20). The van der Waals surface area contributed by atoms with Gasteiger partial charge in [-0.25, -0.2) is 4.79 Å². The molecule has 1 aliphatic carbocycles. The van der Waals surface area contributed by atoms with Crippen molar-refractivity contribution in [2.75, 3.05) is 19.8 Å². The first-order valence-electron chi connectivity index (χ1n) is 6.95. The molecule has 1 N–H and O–H groups in total. The number of carbonyl (C=O) groups is 2. The lowest BCUT2D eigenvalue weighted by molar-refractivity contribution is -0.158. The molecular formula is C15H16ClNO4. The maximum atomic E-state index is 12.5. The Bertz CT molecular complexity index is 577. The summed E-state index contributed by atoms with van der Waals surface area (Å²) in [4.78, 5) is 25.2. The van der Waals surface area contributed by atoms with Crippen LogP contribution >= 0.6 is 11.6 Å². The number of carboxylic acids is 1. The number of hydrogen-bond donors (Lipinski definition) is 1. The van der Waals surface area contributed by atoms with Crippen molar-refractivity contribution in [1.82, 2.24) is 4.90 Å². The van der Waals surface area contributed by atoms with Crippen molar-refractivity contribution < 1.29 is 19.4 Å². The smallest absolute Gasteiger partial charge is 0.328 e. The normalized spacial score (nSPS) is 28.2. The average Bonchev–Trinajstić information content (AvgIpc) is 3.27. The van der Waals surface area contributed by atoms with Crippen LogP contribution in [0.4, 0.5) is 0 Å². The molecule has 1 aromatic rings. The molecule has 2 aliphatic rings. The summed E-state index contributed by atoms with van der Waals surface area (Å²) >= 11 is 6.16. The van der Waals surface area contributed by atoms with Crippen molar-refractivity contribution in [1.29, 1.82) is 0 Å². The second kappa shape index (κ2) is 5.66. The van der Waals surface area contributed by atoms with E-state index in [1.807, 2.05) is 24.3 Å². The summed E-state index contributed by atoms with van der Waals surface area (Å²) in [7, 11) is 0. The topological polar surface area (TPSA) is 66.8 Å². The van der Waals surface area contributed by atoms with Crippen LogP contribution in [-0.2, 0) is 14.3 Å². The minimum atomic E-state index is -1.02. The van der Waals surface area contributed by atoms with Gasteiger partial charge in [0.25, 0.3) is 0 Å². The van der Waals surface area contributed by atoms with Gasteiger partial charge < -0.3 is 14.7 Å². The molecule has 1 aromatic carbocycles. The lowest BCUT2D eigenvalue weighted by Gasteiger charge is -2.33. The van der Waals surface area contributed by atoms with Gasteiger partial charge in [-0.15, -0.1) is 0 Å². The molecule has 21 heavy (non-hydrogen) atoms. The predicted molar refractivity (Wildman–Crippen MR) is 76.3 cm³/mol. The van der Waals surface area contributed by atoms with Crippen LogP contribution in [0.3, 0.4) is 0 Å². The first-order valence-corrected chi connectivity index (χ1v) is 7.33. The Balaban J connectivity index is 1.72. The van der Waals surface area contributed by atoms with Crippen molar-refractivity contribution in [3.63, 3.8) is 0 Å². The average molecular weight is 310 g/mol. The summed E-state index contributed by atoms with van der Waals surface area (Å²) in [5.41, 5.74) is 0.970. The number of morpholine rings is 1. The van der Waals surface area contributed by atoms with Gasteiger partial charge in [0.2, 0.25) is 5.91 Å². The van der Waals surface area contributed by atoms with Gasteiger partial charge in [0.15, 0.2) is 6.04 Å². The van der Waals surface area contributed by atoms with Crippen LogP contribution in [0.1, 0.15) is 17.9 Å². The fraction of sp³-hybridized carbons (Fsp3) is 0.467. The number of halogens is 1. The molecule has 1 heterocycles. The quantitative estimate of drug-likeness (QED) is 0.924. The van der Waals surface area contributed by atoms with Gasteiger partial charge in [0.05, 0.1) is 13.2 Å². The number of hydrogen-bond acceptors (Lipinski definition) is 3. The van der Waals surface area contributed by atoms with E-state index in [1.54, 1.807) is 0 Å². The largest absolute Gasteiger partial charge is 0.480 e. The first-order chi connectivity index (χ1) is 10.1. The third-order valence-electron chi connectivity index (χ3n) is 4.11. The molecule has 3 unspecified atom stereocenters. The predicted octanol–water partition coefficient (Wildman–Crippen LogP) is 1.76. The molecule has 5 nitrogen and oxygen atoms in total. The second-order valence-corrected chi connectivity index (χ2v) is 5.84. The highest BCUT2D eigenvalue weighted by molar-refractivity contribution is 6.31. The zero-order valence-electron chi connectivity index (χ0n) is 11.4. The van der Waals surface area contributed by atoms with Crippen LogP contribution in [0, 0.1) is 5.92 Å². The SMILES string of the molecule is O=C(O)C1COCCN1C(=O)C1CC1c1ccccc1Cl. The van der Waals surface area contributed by atoms with E-state index in [2.05, 4.69) is 0 Å². The number of aliphatic carboxylic acids is 1. The Morgan fingerprint density at radius 3 is 2.81 bits per heavy atom. The molecule has 1 aliphatic heterocycles. The van der Waals surface area contributed by atoms with Crippen molar-refractivity contribution in [2.45, 2.75) is 18.4 Å². The van der Waals surface area contributed by atoms with Crippen molar-refractivity contribution >= 4 is 23.5 Å². The highest BCUT2D eigenvalue weighted by Crippen LogP contribution is 2.50. The van der Waals surface area contributed by atoms with Crippen LogP contribution in [-0.4, -0.2) is 47.7 Å². The molecule has 0 radical (unpaired) electrons. The molecule has 0 spiro atoms. The maximum Gasteiger partial charge on any atom is 0.328 e. The summed E-state index contributed by atoms with van der Waals surface area (Å²) in [6.45, 7) is 0.783. The molecule has 112 valence electrons. The van der Waals surface area contributed by atoms with Gasteiger partial charge in [-0.1, -0.05) is 29.8 Å². The first kappa shape index (κ1) is 14.4. The Morgan fingerprint density at radius 2 is 2.10 bits per heavy atom. The highest BCUT2D eigenvalue weighted by atomic mass is 35.5. The monoisotopic (exact) mass is 309 g/mol. The van der Waals surface area contributed by atoms with E-state index in [9.17, 15) is 14.7 Å². The summed E-state index contributed by atoms with van der Waals surface area (Å²) in [5.74, 6) is -1.18.